The van der Waals surface area contributed by atoms with E-state index in [1.54, 1.807) is 6.92 Å². The molecule has 0 spiro atoms. The number of benzene rings is 1. The Kier molecular flexibility index (Phi) is 5.81. The SMILES string of the molecule is Cc1cc(C(=O)NCc2ccc(F)c(OC(F)(F)F)c2)nc(CC(=O)C2CC2)n1. The molecular formula is C19H17F4N3O3. The zero-order valence-electron chi connectivity index (χ0n) is 15.3. The fraction of sp³-hybridized carbons (Fsp3) is 0.368. The summed E-state index contributed by atoms with van der Waals surface area (Å²) >= 11 is 0. The Morgan fingerprint density at radius 1 is 1.21 bits per heavy atom. The summed E-state index contributed by atoms with van der Waals surface area (Å²) in [6.07, 6.45) is -3.27. The van der Waals surface area contributed by atoms with Crippen LogP contribution in [-0.2, 0) is 17.8 Å². The van der Waals surface area contributed by atoms with Gasteiger partial charge in [0, 0.05) is 18.2 Å². The summed E-state index contributed by atoms with van der Waals surface area (Å²) in [4.78, 5) is 32.6. The molecule has 1 aliphatic carbocycles. The number of nitrogens with zero attached hydrogens (tertiary/aromatic N) is 2. The van der Waals surface area contributed by atoms with E-state index in [-0.39, 0.29) is 41.7 Å². The Morgan fingerprint density at radius 3 is 2.59 bits per heavy atom. The summed E-state index contributed by atoms with van der Waals surface area (Å²) in [7, 11) is 0. The van der Waals surface area contributed by atoms with Crippen molar-refractivity contribution in [2.24, 2.45) is 5.92 Å². The van der Waals surface area contributed by atoms with Gasteiger partial charge in [-0.05, 0) is 43.5 Å². The van der Waals surface area contributed by atoms with Crippen molar-refractivity contribution in [3.8, 4) is 5.75 Å². The Bertz CT molecular complexity index is 943. The normalized spacial score (nSPS) is 13.8. The average molecular weight is 411 g/mol. The van der Waals surface area contributed by atoms with Gasteiger partial charge < -0.3 is 10.1 Å². The second-order valence-corrected chi connectivity index (χ2v) is 6.72. The highest BCUT2D eigenvalue weighted by atomic mass is 19.4. The lowest BCUT2D eigenvalue weighted by Gasteiger charge is -2.12. The van der Waals surface area contributed by atoms with Gasteiger partial charge in [0.15, 0.2) is 11.6 Å². The van der Waals surface area contributed by atoms with Crippen LogP contribution >= 0.6 is 0 Å². The Morgan fingerprint density at radius 2 is 1.93 bits per heavy atom. The maximum absolute atomic E-state index is 13.5. The molecule has 3 rings (SSSR count). The molecule has 1 saturated carbocycles. The van der Waals surface area contributed by atoms with Gasteiger partial charge in [-0.25, -0.2) is 14.4 Å². The lowest BCUT2D eigenvalue weighted by Crippen LogP contribution is -2.25. The molecule has 1 fully saturated rings. The number of hydrogen-bond acceptors (Lipinski definition) is 5. The molecule has 29 heavy (non-hydrogen) atoms. The minimum absolute atomic E-state index is 0.0324. The number of Topliss-reactive ketones (excluding diaryl/α,β-unsaturated/α-hetero) is 1. The summed E-state index contributed by atoms with van der Waals surface area (Å²) in [5.74, 6) is -2.43. The van der Waals surface area contributed by atoms with E-state index in [1.165, 1.54) is 12.1 Å². The molecule has 0 saturated heterocycles. The third-order valence-corrected chi connectivity index (χ3v) is 4.17. The van der Waals surface area contributed by atoms with Gasteiger partial charge in [0.05, 0.1) is 6.42 Å². The van der Waals surface area contributed by atoms with Crippen LogP contribution < -0.4 is 10.1 Å². The highest BCUT2D eigenvalue weighted by Gasteiger charge is 2.32. The number of hydrogen-bond donors (Lipinski definition) is 1. The van der Waals surface area contributed by atoms with Gasteiger partial charge in [0.2, 0.25) is 0 Å². The second-order valence-electron chi connectivity index (χ2n) is 6.72. The number of carbonyl (C=O) groups excluding carboxylic acids is 2. The number of aryl methyl sites for hydroxylation is 1. The van der Waals surface area contributed by atoms with Crippen LogP contribution in [0.5, 0.6) is 5.75 Å². The summed E-state index contributed by atoms with van der Waals surface area (Å²) in [6, 6.07) is 4.33. The molecule has 6 nitrogen and oxygen atoms in total. The van der Waals surface area contributed by atoms with Crippen LogP contribution in [0.3, 0.4) is 0 Å². The first-order valence-corrected chi connectivity index (χ1v) is 8.80. The first-order chi connectivity index (χ1) is 13.6. The smallest absolute Gasteiger partial charge is 0.403 e. The van der Waals surface area contributed by atoms with Crippen molar-refractivity contribution < 1.29 is 31.9 Å². The largest absolute Gasteiger partial charge is 0.573 e. The maximum Gasteiger partial charge on any atom is 0.573 e. The number of ketones is 1. The van der Waals surface area contributed by atoms with Crippen LogP contribution in [0.15, 0.2) is 24.3 Å². The second kappa shape index (κ2) is 8.14. The average Bonchev–Trinajstić information content (AvgIpc) is 3.45. The van der Waals surface area contributed by atoms with Crippen LogP contribution in [0.25, 0.3) is 0 Å². The van der Waals surface area contributed by atoms with E-state index < -0.39 is 23.8 Å². The molecule has 0 unspecified atom stereocenters. The topological polar surface area (TPSA) is 81.2 Å². The molecule has 1 aromatic carbocycles. The number of ether oxygens (including phenoxy) is 1. The Balaban J connectivity index is 1.67. The molecule has 0 bridgehead atoms. The van der Waals surface area contributed by atoms with E-state index in [1.807, 2.05) is 0 Å². The third kappa shape index (κ3) is 5.97. The molecule has 0 aliphatic heterocycles. The molecule has 1 N–H and O–H groups in total. The van der Waals surface area contributed by atoms with Gasteiger partial charge >= 0.3 is 6.36 Å². The van der Waals surface area contributed by atoms with Crippen molar-refractivity contribution in [3.63, 3.8) is 0 Å². The van der Waals surface area contributed by atoms with Gasteiger partial charge in [-0.1, -0.05) is 6.07 Å². The molecule has 1 amide bonds. The van der Waals surface area contributed by atoms with Gasteiger partial charge in [-0.3, -0.25) is 9.59 Å². The summed E-state index contributed by atoms with van der Waals surface area (Å²) in [5, 5.41) is 2.49. The zero-order valence-corrected chi connectivity index (χ0v) is 15.3. The number of alkyl halides is 3. The number of carbonyl (C=O) groups is 2. The minimum Gasteiger partial charge on any atom is -0.403 e. The predicted molar refractivity (Wildman–Crippen MR) is 92.5 cm³/mol. The van der Waals surface area contributed by atoms with Crippen LogP contribution in [0.2, 0.25) is 0 Å². The first kappa shape index (κ1) is 20.7. The fourth-order valence-electron chi connectivity index (χ4n) is 2.66. The van der Waals surface area contributed by atoms with Crippen molar-refractivity contribution in [1.82, 2.24) is 15.3 Å². The zero-order chi connectivity index (χ0) is 21.2. The summed E-state index contributed by atoms with van der Waals surface area (Å²) in [5.41, 5.74) is 0.741. The Labute approximate surface area is 163 Å². The number of nitrogens with one attached hydrogen (secondary N) is 1. The molecule has 1 aliphatic rings. The van der Waals surface area contributed by atoms with E-state index in [0.29, 0.717) is 5.69 Å². The fourth-order valence-corrected chi connectivity index (χ4v) is 2.66. The Hall–Kier alpha value is -3.04. The lowest BCUT2D eigenvalue weighted by atomic mass is 10.2. The third-order valence-electron chi connectivity index (χ3n) is 4.17. The van der Waals surface area contributed by atoms with Gasteiger partial charge in [0.1, 0.15) is 17.3 Å². The van der Waals surface area contributed by atoms with Gasteiger partial charge in [-0.2, -0.15) is 0 Å². The molecule has 0 atom stereocenters. The molecule has 2 aromatic rings. The maximum atomic E-state index is 13.5. The molecule has 1 aromatic heterocycles. The summed E-state index contributed by atoms with van der Waals surface area (Å²) < 4.78 is 54.0. The summed E-state index contributed by atoms with van der Waals surface area (Å²) in [6.45, 7) is 1.48. The number of amides is 1. The molecule has 0 radical (unpaired) electrons. The quantitative estimate of drug-likeness (QED) is 0.708. The van der Waals surface area contributed by atoms with Crippen molar-refractivity contribution in [1.29, 1.82) is 0 Å². The van der Waals surface area contributed by atoms with E-state index in [2.05, 4.69) is 20.0 Å². The van der Waals surface area contributed by atoms with E-state index in [9.17, 15) is 27.2 Å². The van der Waals surface area contributed by atoms with Crippen LogP contribution in [0.4, 0.5) is 17.6 Å². The van der Waals surface area contributed by atoms with Gasteiger partial charge in [0.25, 0.3) is 5.91 Å². The van der Waals surface area contributed by atoms with Crippen molar-refractivity contribution in [3.05, 3.63) is 52.9 Å². The molecule has 10 heteroatoms. The highest BCUT2D eigenvalue weighted by Crippen LogP contribution is 2.30. The minimum atomic E-state index is -5.03. The monoisotopic (exact) mass is 411 g/mol. The van der Waals surface area contributed by atoms with E-state index in [0.717, 1.165) is 25.0 Å². The standard InChI is InChI=1S/C19H17F4N3O3/c1-10-6-14(26-17(25-10)8-15(27)12-3-4-12)18(28)24-9-11-2-5-13(20)16(7-11)29-19(21,22)23/h2,5-7,12H,3-4,8-9H2,1H3,(H,24,28). The lowest BCUT2D eigenvalue weighted by molar-refractivity contribution is -0.275. The molecule has 154 valence electrons. The molecular weight excluding hydrogens is 394 g/mol. The van der Waals surface area contributed by atoms with Crippen molar-refractivity contribution in [2.45, 2.75) is 39.1 Å². The molecule has 1 heterocycles. The van der Waals surface area contributed by atoms with Crippen LogP contribution in [0.1, 0.15) is 40.4 Å². The number of rotatable bonds is 7. The first-order valence-electron chi connectivity index (χ1n) is 8.80. The van der Waals surface area contributed by atoms with Crippen molar-refractivity contribution in [2.75, 3.05) is 0 Å². The van der Waals surface area contributed by atoms with E-state index >= 15 is 0 Å². The van der Waals surface area contributed by atoms with Crippen LogP contribution in [0, 0.1) is 18.7 Å². The van der Waals surface area contributed by atoms with Gasteiger partial charge in [-0.15, -0.1) is 13.2 Å². The number of halogens is 4. The highest BCUT2D eigenvalue weighted by molar-refractivity contribution is 5.92. The van der Waals surface area contributed by atoms with Crippen molar-refractivity contribution >= 4 is 11.7 Å². The predicted octanol–water partition coefficient (Wildman–Crippen LogP) is 3.27. The number of aromatic nitrogens is 2. The van der Waals surface area contributed by atoms with E-state index in [4.69, 9.17) is 0 Å². The van der Waals surface area contributed by atoms with Crippen LogP contribution in [-0.4, -0.2) is 28.0 Å².